The molecular formula is C23H24F2N6O3. The summed E-state index contributed by atoms with van der Waals surface area (Å²) >= 11 is 0. The van der Waals surface area contributed by atoms with Gasteiger partial charge in [-0.25, -0.2) is 13.6 Å². The number of benzene rings is 2. The number of hydrogen-bond acceptors (Lipinski definition) is 8. The van der Waals surface area contributed by atoms with Crippen molar-refractivity contribution >= 4 is 29.5 Å². The topological polar surface area (TPSA) is 132 Å². The fourth-order valence-electron chi connectivity index (χ4n) is 3.04. The minimum absolute atomic E-state index is 0.0749. The number of nitrogens with two attached hydrogens (primary N) is 1. The van der Waals surface area contributed by atoms with Crippen LogP contribution in [-0.4, -0.2) is 32.9 Å². The van der Waals surface area contributed by atoms with E-state index in [2.05, 4.69) is 25.6 Å². The molecule has 0 aliphatic carbocycles. The summed E-state index contributed by atoms with van der Waals surface area (Å²) in [6, 6.07) is 9.34. The smallest absolute Gasteiger partial charge is 0.329 e. The highest BCUT2D eigenvalue weighted by molar-refractivity contribution is 5.97. The predicted octanol–water partition coefficient (Wildman–Crippen LogP) is 3.28. The average molecular weight is 470 g/mol. The van der Waals surface area contributed by atoms with E-state index >= 15 is 0 Å². The lowest BCUT2D eigenvalue weighted by atomic mass is 10.0. The van der Waals surface area contributed by atoms with Crippen molar-refractivity contribution in [3.05, 3.63) is 71.1 Å². The number of para-hydroxylation sites is 1. The molecule has 0 radical (unpaired) electrons. The van der Waals surface area contributed by atoms with Crippen LogP contribution in [0.1, 0.15) is 35.6 Å². The van der Waals surface area contributed by atoms with Gasteiger partial charge >= 0.3 is 5.97 Å². The molecule has 1 aromatic heterocycles. The van der Waals surface area contributed by atoms with E-state index in [4.69, 9.17) is 10.5 Å². The Labute approximate surface area is 194 Å². The van der Waals surface area contributed by atoms with E-state index in [9.17, 15) is 18.4 Å². The van der Waals surface area contributed by atoms with E-state index in [-0.39, 0.29) is 24.3 Å². The second-order valence-electron chi connectivity index (χ2n) is 7.77. The van der Waals surface area contributed by atoms with Gasteiger partial charge in [-0.1, -0.05) is 38.1 Å². The summed E-state index contributed by atoms with van der Waals surface area (Å²) in [5.74, 6) is -4.25. The van der Waals surface area contributed by atoms with Gasteiger partial charge in [-0.2, -0.15) is 15.0 Å². The zero-order valence-corrected chi connectivity index (χ0v) is 18.8. The summed E-state index contributed by atoms with van der Waals surface area (Å²) in [5, 5.41) is 5.35. The zero-order valence-electron chi connectivity index (χ0n) is 18.8. The normalized spacial score (nSPS) is 11.7. The third-order valence-corrected chi connectivity index (χ3v) is 4.83. The van der Waals surface area contributed by atoms with E-state index in [1.54, 1.807) is 13.8 Å². The van der Waals surface area contributed by atoms with Crippen LogP contribution in [0.5, 0.6) is 0 Å². The minimum Gasteiger partial charge on any atom is -0.456 e. The summed E-state index contributed by atoms with van der Waals surface area (Å²) in [6.45, 7) is 4.84. The highest BCUT2D eigenvalue weighted by atomic mass is 19.1. The van der Waals surface area contributed by atoms with E-state index in [1.165, 1.54) is 0 Å². The van der Waals surface area contributed by atoms with Crippen molar-refractivity contribution < 1.29 is 23.1 Å². The Balaban J connectivity index is 1.70. The number of anilines is 3. The van der Waals surface area contributed by atoms with Gasteiger partial charge in [0.2, 0.25) is 11.9 Å². The first-order valence-electron chi connectivity index (χ1n) is 10.4. The molecule has 178 valence electrons. The maximum absolute atomic E-state index is 13.9. The number of esters is 1. The Hall–Kier alpha value is -4.15. The maximum Gasteiger partial charge on any atom is 0.329 e. The molecule has 1 heterocycles. The number of nitrogen functional groups attached to an aromatic ring is 1. The molecule has 3 rings (SSSR count). The van der Waals surface area contributed by atoms with Gasteiger partial charge in [0.05, 0.1) is 0 Å². The van der Waals surface area contributed by atoms with E-state index < -0.39 is 41.0 Å². The van der Waals surface area contributed by atoms with Crippen LogP contribution in [0, 0.1) is 24.5 Å². The molecule has 4 N–H and O–H groups in total. The number of carbonyl (C=O) groups is 2. The quantitative estimate of drug-likeness (QED) is 0.427. The number of rotatable bonds is 8. The van der Waals surface area contributed by atoms with Crippen LogP contribution in [0.15, 0.2) is 42.5 Å². The Kier molecular flexibility index (Phi) is 7.67. The molecule has 0 saturated carbocycles. The molecule has 0 fully saturated rings. The molecule has 0 bridgehead atoms. The van der Waals surface area contributed by atoms with Crippen LogP contribution in [-0.2, 0) is 16.1 Å². The third kappa shape index (κ3) is 6.00. The second-order valence-corrected chi connectivity index (χ2v) is 7.77. The highest BCUT2D eigenvalue weighted by Gasteiger charge is 2.28. The molecule has 2 aromatic carbocycles. The molecule has 3 aromatic rings. The Morgan fingerprint density at radius 3 is 2.35 bits per heavy atom. The molecule has 0 aliphatic rings. The standard InChI is InChI=1S/C23H24F2N6O3/c1-12(2)19(30-20(32)18-14(24)8-6-9-15(18)25)21(33)34-11-17-28-22(26)31-23(29-17)27-16-10-5-4-7-13(16)3/h4-10,12,19H,11H2,1-3H3,(H,30,32)(H3,26,27,28,29,31)/t19-/m0/s1. The van der Waals surface area contributed by atoms with Gasteiger partial charge in [0.15, 0.2) is 12.4 Å². The zero-order chi connectivity index (χ0) is 24.8. The molecular weight excluding hydrogens is 446 g/mol. The first-order chi connectivity index (χ1) is 16.2. The Morgan fingerprint density at radius 1 is 1.03 bits per heavy atom. The molecule has 9 nitrogen and oxygen atoms in total. The van der Waals surface area contributed by atoms with Gasteiger partial charge in [-0.05, 0) is 36.6 Å². The number of carbonyl (C=O) groups excluding carboxylic acids is 2. The summed E-state index contributed by atoms with van der Waals surface area (Å²) in [5.41, 5.74) is 6.69. The number of nitrogens with one attached hydrogen (secondary N) is 2. The number of nitrogens with zero attached hydrogens (tertiary/aromatic N) is 3. The van der Waals surface area contributed by atoms with Crippen LogP contribution >= 0.6 is 0 Å². The van der Waals surface area contributed by atoms with Crippen molar-refractivity contribution in [1.29, 1.82) is 0 Å². The van der Waals surface area contributed by atoms with E-state index in [1.807, 2.05) is 31.2 Å². The summed E-state index contributed by atoms with van der Waals surface area (Å²) in [6.07, 6.45) is 0. The summed E-state index contributed by atoms with van der Waals surface area (Å²) < 4.78 is 33.1. The van der Waals surface area contributed by atoms with Gasteiger partial charge in [-0.15, -0.1) is 0 Å². The first kappa shape index (κ1) is 24.5. The van der Waals surface area contributed by atoms with Crippen LogP contribution in [0.25, 0.3) is 0 Å². The lowest BCUT2D eigenvalue weighted by Gasteiger charge is -2.21. The number of ether oxygens (including phenoxy) is 1. The number of halogens is 2. The fourth-order valence-corrected chi connectivity index (χ4v) is 3.04. The van der Waals surface area contributed by atoms with Crippen LogP contribution in [0.3, 0.4) is 0 Å². The van der Waals surface area contributed by atoms with Gasteiger partial charge in [0, 0.05) is 5.69 Å². The number of hydrogen-bond donors (Lipinski definition) is 3. The van der Waals surface area contributed by atoms with Crippen molar-refractivity contribution in [3.63, 3.8) is 0 Å². The third-order valence-electron chi connectivity index (χ3n) is 4.83. The highest BCUT2D eigenvalue weighted by Crippen LogP contribution is 2.18. The predicted molar refractivity (Wildman–Crippen MR) is 121 cm³/mol. The van der Waals surface area contributed by atoms with E-state index in [0.717, 1.165) is 29.4 Å². The molecule has 0 unspecified atom stereocenters. The molecule has 1 atom stereocenters. The van der Waals surface area contributed by atoms with E-state index in [0.29, 0.717) is 0 Å². The van der Waals surface area contributed by atoms with Gasteiger partial charge in [-0.3, -0.25) is 4.79 Å². The van der Waals surface area contributed by atoms with Gasteiger partial charge in [0.25, 0.3) is 5.91 Å². The molecule has 0 saturated heterocycles. The van der Waals surface area contributed by atoms with Crippen LogP contribution < -0.4 is 16.4 Å². The second kappa shape index (κ2) is 10.6. The van der Waals surface area contributed by atoms with Gasteiger partial charge in [0.1, 0.15) is 23.2 Å². The van der Waals surface area contributed by atoms with Crippen molar-refractivity contribution in [2.75, 3.05) is 11.1 Å². The molecule has 1 amide bonds. The molecule has 0 aliphatic heterocycles. The SMILES string of the molecule is Cc1ccccc1Nc1nc(N)nc(COC(=O)[C@@H](NC(=O)c2c(F)cccc2F)C(C)C)n1. The van der Waals surface area contributed by atoms with Gasteiger partial charge < -0.3 is 21.1 Å². The Morgan fingerprint density at radius 2 is 1.71 bits per heavy atom. The Bertz CT molecular complexity index is 1180. The molecule has 0 spiro atoms. The lowest BCUT2D eigenvalue weighted by molar-refractivity contribution is -0.148. The van der Waals surface area contributed by atoms with Crippen LogP contribution in [0.2, 0.25) is 0 Å². The monoisotopic (exact) mass is 470 g/mol. The number of aromatic nitrogens is 3. The van der Waals surface area contributed by atoms with Crippen molar-refractivity contribution in [2.45, 2.75) is 33.4 Å². The first-order valence-corrected chi connectivity index (χ1v) is 10.4. The largest absolute Gasteiger partial charge is 0.456 e. The molecule has 34 heavy (non-hydrogen) atoms. The molecule has 11 heteroatoms. The minimum atomic E-state index is -1.17. The number of amides is 1. The lowest BCUT2D eigenvalue weighted by Crippen LogP contribution is -2.45. The average Bonchev–Trinajstić information content (AvgIpc) is 2.77. The van der Waals surface area contributed by atoms with Crippen molar-refractivity contribution in [3.8, 4) is 0 Å². The fraction of sp³-hybridized carbons (Fsp3) is 0.261. The summed E-state index contributed by atoms with van der Waals surface area (Å²) in [7, 11) is 0. The van der Waals surface area contributed by atoms with Crippen LogP contribution in [0.4, 0.5) is 26.4 Å². The number of aryl methyl sites for hydroxylation is 1. The van der Waals surface area contributed by atoms with Crippen molar-refractivity contribution in [2.24, 2.45) is 5.92 Å². The van der Waals surface area contributed by atoms with Crippen molar-refractivity contribution in [1.82, 2.24) is 20.3 Å². The maximum atomic E-state index is 13.9. The summed E-state index contributed by atoms with van der Waals surface area (Å²) in [4.78, 5) is 37.3.